The molecule has 1 heterocycles. The summed E-state index contributed by atoms with van der Waals surface area (Å²) in [6, 6.07) is 4.84. The Bertz CT molecular complexity index is 587. The van der Waals surface area contributed by atoms with Gasteiger partial charge in [-0.1, -0.05) is 17.7 Å². The fourth-order valence-electron chi connectivity index (χ4n) is 1.82. The van der Waals surface area contributed by atoms with E-state index in [1.807, 2.05) is 0 Å². The average Bonchev–Trinajstić information content (AvgIpc) is 2.40. The summed E-state index contributed by atoms with van der Waals surface area (Å²) in [4.78, 5) is 4.03. The lowest BCUT2D eigenvalue weighted by Gasteiger charge is -2.18. The van der Waals surface area contributed by atoms with E-state index in [9.17, 15) is 8.78 Å². The number of halogens is 3. The third kappa shape index (κ3) is 2.73. The van der Waals surface area contributed by atoms with Gasteiger partial charge in [0, 0.05) is 11.8 Å². The number of nitrogens with two attached hydrogens (primary N) is 1. The quantitative estimate of drug-likeness (QED) is 0.673. The van der Waals surface area contributed by atoms with E-state index in [2.05, 4.69) is 10.4 Å². The molecule has 1 atom stereocenters. The molecule has 0 aliphatic rings. The molecule has 2 rings (SSSR count). The van der Waals surface area contributed by atoms with E-state index < -0.39 is 17.7 Å². The number of aromatic nitrogens is 1. The second-order valence-corrected chi connectivity index (χ2v) is 4.53. The smallest absolute Gasteiger partial charge is 0.134 e. The minimum absolute atomic E-state index is 0.155. The van der Waals surface area contributed by atoms with E-state index in [4.69, 9.17) is 17.4 Å². The number of hydrogen-bond donors (Lipinski definition) is 2. The molecule has 0 saturated carbocycles. The highest BCUT2D eigenvalue weighted by molar-refractivity contribution is 6.30. The van der Waals surface area contributed by atoms with Gasteiger partial charge in [0.05, 0.1) is 16.8 Å². The molecule has 1 unspecified atom stereocenters. The van der Waals surface area contributed by atoms with Gasteiger partial charge in [-0.05, 0) is 30.7 Å². The van der Waals surface area contributed by atoms with Crippen LogP contribution in [0.2, 0.25) is 5.02 Å². The van der Waals surface area contributed by atoms with Crippen LogP contribution in [0.3, 0.4) is 0 Å². The van der Waals surface area contributed by atoms with Crippen LogP contribution < -0.4 is 11.3 Å². The van der Waals surface area contributed by atoms with E-state index in [1.54, 1.807) is 19.1 Å². The molecule has 19 heavy (non-hydrogen) atoms. The zero-order chi connectivity index (χ0) is 14.0. The molecule has 3 N–H and O–H groups in total. The van der Waals surface area contributed by atoms with E-state index in [-0.39, 0.29) is 5.56 Å². The normalized spacial score (nSPS) is 12.5. The Morgan fingerprint density at radius 3 is 2.58 bits per heavy atom. The van der Waals surface area contributed by atoms with E-state index in [1.165, 1.54) is 18.3 Å². The number of nitrogens with one attached hydrogen (secondary N) is 1. The monoisotopic (exact) mass is 283 g/mol. The van der Waals surface area contributed by atoms with Crippen molar-refractivity contribution >= 4 is 11.6 Å². The molecule has 3 nitrogen and oxygen atoms in total. The van der Waals surface area contributed by atoms with Crippen molar-refractivity contribution in [1.82, 2.24) is 10.4 Å². The molecule has 0 fully saturated rings. The molecule has 1 aromatic carbocycles. The van der Waals surface area contributed by atoms with Gasteiger partial charge in [0.15, 0.2) is 0 Å². The van der Waals surface area contributed by atoms with Gasteiger partial charge in [-0.2, -0.15) is 0 Å². The molecule has 0 aliphatic heterocycles. The molecule has 0 saturated heterocycles. The first kappa shape index (κ1) is 13.9. The van der Waals surface area contributed by atoms with E-state index >= 15 is 0 Å². The molecule has 2 aromatic rings. The Labute approximate surface area is 114 Å². The summed E-state index contributed by atoms with van der Waals surface area (Å²) < 4.78 is 27.9. The van der Waals surface area contributed by atoms with Gasteiger partial charge in [-0.3, -0.25) is 10.8 Å². The van der Waals surface area contributed by atoms with Crippen LogP contribution in [0.25, 0.3) is 0 Å². The summed E-state index contributed by atoms with van der Waals surface area (Å²) in [6.45, 7) is 1.56. The average molecular weight is 284 g/mol. The molecule has 0 radical (unpaired) electrons. The maximum atomic E-state index is 14.1. The number of rotatable bonds is 3. The fourth-order valence-corrected chi connectivity index (χ4v) is 1.93. The van der Waals surface area contributed by atoms with Gasteiger partial charge in [0.1, 0.15) is 11.6 Å². The Morgan fingerprint density at radius 1 is 1.26 bits per heavy atom. The van der Waals surface area contributed by atoms with Crippen LogP contribution in [-0.2, 0) is 0 Å². The predicted molar refractivity (Wildman–Crippen MR) is 69.5 cm³/mol. The van der Waals surface area contributed by atoms with Crippen molar-refractivity contribution in [2.75, 3.05) is 0 Å². The van der Waals surface area contributed by atoms with Crippen LogP contribution in [0, 0.1) is 18.6 Å². The fraction of sp³-hybridized carbons (Fsp3) is 0.154. The third-order valence-corrected chi connectivity index (χ3v) is 3.04. The van der Waals surface area contributed by atoms with Crippen molar-refractivity contribution < 1.29 is 8.78 Å². The third-order valence-electron chi connectivity index (χ3n) is 2.82. The van der Waals surface area contributed by atoms with Crippen LogP contribution in [0.1, 0.15) is 22.9 Å². The van der Waals surface area contributed by atoms with Gasteiger partial charge >= 0.3 is 0 Å². The Balaban J connectivity index is 2.54. The zero-order valence-corrected chi connectivity index (χ0v) is 10.9. The van der Waals surface area contributed by atoms with Gasteiger partial charge < -0.3 is 0 Å². The number of nitrogens with zero attached hydrogens (tertiary/aromatic N) is 1. The molecule has 0 amide bonds. The van der Waals surface area contributed by atoms with Crippen LogP contribution in [0.5, 0.6) is 0 Å². The predicted octanol–water partition coefficient (Wildman–Crippen LogP) is 2.87. The Morgan fingerprint density at radius 2 is 2.00 bits per heavy atom. The lowest BCUT2D eigenvalue weighted by Crippen LogP contribution is -2.31. The van der Waals surface area contributed by atoms with Crippen LogP contribution in [0.4, 0.5) is 8.78 Å². The number of hydrazine groups is 1. The Hall–Kier alpha value is -1.56. The first-order chi connectivity index (χ1) is 9.04. The molecule has 0 spiro atoms. The highest BCUT2D eigenvalue weighted by atomic mass is 35.5. The lowest BCUT2D eigenvalue weighted by atomic mass is 10.00. The maximum absolute atomic E-state index is 14.1. The summed E-state index contributed by atoms with van der Waals surface area (Å²) in [5.41, 5.74) is 2.95. The first-order valence-corrected chi connectivity index (χ1v) is 5.94. The van der Waals surface area contributed by atoms with Crippen molar-refractivity contribution in [3.05, 3.63) is 63.9 Å². The second-order valence-electron chi connectivity index (χ2n) is 4.09. The lowest BCUT2D eigenvalue weighted by molar-refractivity contribution is 0.502. The maximum Gasteiger partial charge on any atom is 0.134 e. The summed E-state index contributed by atoms with van der Waals surface area (Å²) in [5, 5.41) is 0.435. The van der Waals surface area contributed by atoms with Gasteiger partial charge in [0.25, 0.3) is 0 Å². The minimum atomic E-state index is -0.878. The molecule has 1 aromatic heterocycles. The molecule has 0 bridgehead atoms. The minimum Gasteiger partial charge on any atom is -0.271 e. The van der Waals surface area contributed by atoms with Crippen molar-refractivity contribution in [3.8, 4) is 0 Å². The number of hydrogen-bond acceptors (Lipinski definition) is 3. The molecular weight excluding hydrogens is 272 g/mol. The van der Waals surface area contributed by atoms with Crippen molar-refractivity contribution in [3.63, 3.8) is 0 Å². The van der Waals surface area contributed by atoms with Crippen molar-refractivity contribution in [1.29, 1.82) is 0 Å². The van der Waals surface area contributed by atoms with E-state index in [0.29, 0.717) is 16.3 Å². The highest BCUT2D eigenvalue weighted by Gasteiger charge is 2.23. The first-order valence-electron chi connectivity index (χ1n) is 5.56. The van der Waals surface area contributed by atoms with Gasteiger partial charge in [0.2, 0.25) is 0 Å². The van der Waals surface area contributed by atoms with Crippen LogP contribution >= 0.6 is 11.6 Å². The van der Waals surface area contributed by atoms with Gasteiger partial charge in [-0.15, -0.1) is 0 Å². The standard InChI is InChI=1S/C13H12ClF2N3/c1-7-2-4-9(15)11(12(7)16)13(19-17)10-5-3-8(14)6-18-10/h2-6,13,19H,17H2,1H3. The molecule has 0 aliphatic carbocycles. The summed E-state index contributed by atoms with van der Waals surface area (Å²) in [7, 11) is 0. The molecular formula is C13H12ClF2N3. The number of aryl methyl sites for hydroxylation is 1. The summed E-state index contributed by atoms with van der Waals surface area (Å²) in [6.07, 6.45) is 1.40. The molecule has 100 valence electrons. The Kier molecular flexibility index (Phi) is 4.09. The van der Waals surface area contributed by atoms with Gasteiger partial charge in [-0.25, -0.2) is 14.2 Å². The van der Waals surface area contributed by atoms with Crippen molar-refractivity contribution in [2.24, 2.45) is 5.84 Å². The SMILES string of the molecule is Cc1ccc(F)c(C(NN)c2ccc(Cl)cn2)c1F. The summed E-state index contributed by atoms with van der Waals surface area (Å²) in [5.74, 6) is 4.09. The topological polar surface area (TPSA) is 50.9 Å². The second kappa shape index (κ2) is 5.61. The highest BCUT2D eigenvalue weighted by Crippen LogP contribution is 2.27. The zero-order valence-electron chi connectivity index (χ0n) is 10.1. The van der Waals surface area contributed by atoms with E-state index in [0.717, 1.165) is 0 Å². The molecule has 6 heteroatoms. The number of pyridine rings is 1. The largest absolute Gasteiger partial charge is 0.271 e. The van der Waals surface area contributed by atoms with Crippen molar-refractivity contribution in [2.45, 2.75) is 13.0 Å². The summed E-state index contributed by atoms with van der Waals surface area (Å²) >= 11 is 5.73. The van der Waals surface area contributed by atoms with Crippen LogP contribution in [0.15, 0.2) is 30.5 Å². The number of benzene rings is 1. The van der Waals surface area contributed by atoms with Crippen LogP contribution in [-0.4, -0.2) is 4.98 Å².